The molecule has 0 bridgehead atoms. The second kappa shape index (κ2) is 13.9. The summed E-state index contributed by atoms with van der Waals surface area (Å²) in [5.41, 5.74) is 2.78. The van der Waals surface area contributed by atoms with Gasteiger partial charge in [-0.15, -0.1) is 0 Å². The van der Waals surface area contributed by atoms with E-state index in [2.05, 4.69) is 15.6 Å². The number of pyridine rings is 1. The molecule has 2 heterocycles. The molecule has 1 unspecified atom stereocenters. The van der Waals surface area contributed by atoms with E-state index in [0.29, 0.717) is 24.2 Å². The van der Waals surface area contributed by atoms with Crippen molar-refractivity contribution >= 4 is 17.5 Å². The number of benzene rings is 1. The zero-order valence-electron chi connectivity index (χ0n) is 20.8. The van der Waals surface area contributed by atoms with Crippen LogP contribution in [0.15, 0.2) is 42.7 Å². The molecule has 1 aliphatic heterocycles. The molecule has 0 saturated heterocycles. The first-order chi connectivity index (χ1) is 17.0. The maximum atomic E-state index is 13.4. The number of anilines is 1. The minimum atomic E-state index is -0.777. The maximum Gasteiger partial charge on any atom is 0.258 e. The standard InChI is InChI=1S/C27H38N4O4/c1-20(2)35-19-24(32)18-30-26(33)22-8-9-25-23(16-22)17-29-12-6-4-3-5-7-15-31(25)27(34)21-10-13-28-14-11-21/h8-11,13-14,16,20,24,29,32H,3-7,12,15,17-19H2,1-2H3,(H,30,33). The lowest BCUT2D eigenvalue weighted by Gasteiger charge is -2.27. The fourth-order valence-electron chi connectivity index (χ4n) is 4.06. The molecule has 1 aromatic heterocycles. The predicted molar refractivity (Wildman–Crippen MR) is 137 cm³/mol. The molecule has 1 aromatic carbocycles. The first kappa shape index (κ1) is 26.8. The van der Waals surface area contributed by atoms with Crippen molar-refractivity contribution < 1.29 is 19.4 Å². The number of nitrogens with one attached hydrogen (secondary N) is 2. The number of aromatic nitrogens is 1. The van der Waals surface area contributed by atoms with Crippen molar-refractivity contribution in [3.8, 4) is 0 Å². The number of fused-ring (bicyclic) bond motifs is 1. The Bertz CT molecular complexity index is 951. The highest BCUT2D eigenvalue weighted by atomic mass is 16.5. The molecule has 0 spiro atoms. The summed E-state index contributed by atoms with van der Waals surface area (Å²) in [6.07, 6.45) is 7.89. The number of aliphatic hydroxyl groups excluding tert-OH is 1. The minimum Gasteiger partial charge on any atom is -0.389 e. The lowest BCUT2D eigenvalue weighted by molar-refractivity contribution is 0.00664. The van der Waals surface area contributed by atoms with E-state index in [1.807, 2.05) is 30.9 Å². The Labute approximate surface area is 208 Å². The van der Waals surface area contributed by atoms with E-state index >= 15 is 0 Å². The molecule has 2 amide bonds. The van der Waals surface area contributed by atoms with Crippen LogP contribution in [0.3, 0.4) is 0 Å². The molecule has 8 nitrogen and oxygen atoms in total. The van der Waals surface area contributed by atoms with Gasteiger partial charge in [0.15, 0.2) is 0 Å². The Morgan fingerprint density at radius 3 is 2.60 bits per heavy atom. The van der Waals surface area contributed by atoms with Crippen LogP contribution >= 0.6 is 0 Å². The van der Waals surface area contributed by atoms with E-state index in [9.17, 15) is 14.7 Å². The average molecular weight is 483 g/mol. The topological polar surface area (TPSA) is 104 Å². The number of hydrogen-bond donors (Lipinski definition) is 3. The number of aliphatic hydroxyl groups is 1. The van der Waals surface area contributed by atoms with Gasteiger partial charge in [-0.25, -0.2) is 0 Å². The Balaban J connectivity index is 1.82. The summed E-state index contributed by atoms with van der Waals surface area (Å²) in [4.78, 5) is 32.1. The molecule has 1 atom stereocenters. The van der Waals surface area contributed by atoms with Crippen molar-refractivity contribution in [2.45, 2.75) is 64.7 Å². The molecule has 3 N–H and O–H groups in total. The van der Waals surface area contributed by atoms with Crippen LogP contribution in [0.1, 0.15) is 72.2 Å². The number of amides is 2. The van der Waals surface area contributed by atoms with Crippen molar-refractivity contribution in [2.24, 2.45) is 0 Å². The molecular formula is C27H38N4O4. The molecule has 2 aromatic rings. The van der Waals surface area contributed by atoms with Crippen molar-refractivity contribution in [3.63, 3.8) is 0 Å². The monoisotopic (exact) mass is 482 g/mol. The van der Waals surface area contributed by atoms with Gasteiger partial charge in [-0.2, -0.15) is 0 Å². The molecule has 35 heavy (non-hydrogen) atoms. The fraction of sp³-hybridized carbons (Fsp3) is 0.519. The summed E-state index contributed by atoms with van der Waals surface area (Å²) < 4.78 is 5.40. The van der Waals surface area contributed by atoms with Crippen LogP contribution in [-0.4, -0.2) is 60.4 Å². The molecular weight excluding hydrogens is 444 g/mol. The largest absolute Gasteiger partial charge is 0.389 e. The second-order valence-corrected chi connectivity index (χ2v) is 9.23. The third kappa shape index (κ3) is 8.42. The molecule has 0 aliphatic carbocycles. The van der Waals surface area contributed by atoms with Crippen LogP contribution in [-0.2, 0) is 11.3 Å². The minimum absolute atomic E-state index is 0.0149. The highest BCUT2D eigenvalue weighted by Crippen LogP contribution is 2.26. The third-order valence-electron chi connectivity index (χ3n) is 5.98. The van der Waals surface area contributed by atoms with Gasteiger partial charge in [-0.3, -0.25) is 14.6 Å². The van der Waals surface area contributed by atoms with Gasteiger partial charge in [0.05, 0.1) is 18.8 Å². The second-order valence-electron chi connectivity index (χ2n) is 9.23. The maximum absolute atomic E-state index is 13.4. The molecule has 3 rings (SSSR count). The van der Waals surface area contributed by atoms with E-state index in [1.165, 1.54) is 0 Å². The predicted octanol–water partition coefficient (Wildman–Crippen LogP) is 3.30. The number of nitrogens with zero attached hydrogens (tertiary/aromatic N) is 2. The van der Waals surface area contributed by atoms with Gasteiger partial charge in [-0.1, -0.05) is 19.3 Å². The van der Waals surface area contributed by atoms with E-state index in [0.717, 1.165) is 49.9 Å². The first-order valence-electron chi connectivity index (χ1n) is 12.6. The molecule has 0 radical (unpaired) electrons. The lowest BCUT2D eigenvalue weighted by atomic mass is 10.0. The van der Waals surface area contributed by atoms with Crippen molar-refractivity contribution in [1.29, 1.82) is 0 Å². The molecule has 0 fully saturated rings. The van der Waals surface area contributed by atoms with Crippen molar-refractivity contribution in [1.82, 2.24) is 15.6 Å². The normalized spacial score (nSPS) is 16.1. The number of ether oxygens (including phenoxy) is 1. The summed E-state index contributed by atoms with van der Waals surface area (Å²) in [6, 6.07) is 8.89. The van der Waals surface area contributed by atoms with Crippen LogP contribution < -0.4 is 15.5 Å². The van der Waals surface area contributed by atoms with Crippen molar-refractivity contribution in [3.05, 3.63) is 59.4 Å². The molecule has 190 valence electrons. The zero-order valence-corrected chi connectivity index (χ0v) is 20.8. The Kier molecular flexibility index (Phi) is 10.7. The SMILES string of the molecule is CC(C)OCC(O)CNC(=O)c1ccc2c(c1)CNCCCCCCCN2C(=O)c1ccncc1. The van der Waals surface area contributed by atoms with E-state index in [4.69, 9.17) is 4.74 Å². The number of hydrogen-bond acceptors (Lipinski definition) is 6. The highest BCUT2D eigenvalue weighted by molar-refractivity contribution is 6.06. The Hall–Kier alpha value is -2.81. The third-order valence-corrected chi connectivity index (χ3v) is 5.98. The van der Waals surface area contributed by atoms with Gasteiger partial charge < -0.3 is 25.4 Å². The smallest absolute Gasteiger partial charge is 0.258 e. The van der Waals surface area contributed by atoms with Crippen LogP contribution in [0, 0.1) is 0 Å². The van der Waals surface area contributed by atoms with E-state index in [-0.39, 0.29) is 31.1 Å². The summed E-state index contributed by atoms with van der Waals surface area (Å²) in [7, 11) is 0. The number of carbonyl (C=O) groups excluding carboxylic acids is 2. The summed E-state index contributed by atoms with van der Waals surface area (Å²) >= 11 is 0. The quantitative estimate of drug-likeness (QED) is 0.560. The van der Waals surface area contributed by atoms with E-state index in [1.54, 1.807) is 30.6 Å². The van der Waals surface area contributed by atoms with Gasteiger partial charge in [0.2, 0.25) is 0 Å². The summed E-state index contributed by atoms with van der Waals surface area (Å²) in [6.45, 7) is 6.12. The van der Waals surface area contributed by atoms with Crippen LogP contribution in [0.4, 0.5) is 5.69 Å². The van der Waals surface area contributed by atoms with E-state index < -0.39 is 6.10 Å². The van der Waals surface area contributed by atoms with Gasteiger partial charge >= 0.3 is 0 Å². The molecule has 8 heteroatoms. The number of carbonyl (C=O) groups is 2. The van der Waals surface area contributed by atoms with Crippen LogP contribution in [0.5, 0.6) is 0 Å². The van der Waals surface area contributed by atoms with Gasteiger partial charge in [0, 0.05) is 48.8 Å². The fourth-order valence-corrected chi connectivity index (χ4v) is 4.06. The summed E-state index contributed by atoms with van der Waals surface area (Å²) in [5, 5.41) is 16.3. The summed E-state index contributed by atoms with van der Waals surface area (Å²) in [5.74, 6) is -0.342. The lowest BCUT2D eigenvalue weighted by Crippen LogP contribution is -2.36. The number of rotatable bonds is 7. The Morgan fingerprint density at radius 2 is 1.83 bits per heavy atom. The zero-order chi connectivity index (χ0) is 25.0. The average Bonchev–Trinajstić information content (AvgIpc) is 2.86. The highest BCUT2D eigenvalue weighted by Gasteiger charge is 2.22. The Morgan fingerprint density at radius 1 is 1.09 bits per heavy atom. The first-order valence-corrected chi connectivity index (χ1v) is 12.6. The van der Waals surface area contributed by atoms with Crippen molar-refractivity contribution in [2.75, 3.05) is 31.1 Å². The van der Waals surface area contributed by atoms with Gasteiger partial charge in [0.25, 0.3) is 11.8 Å². The van der Waals surface area contributed by atoms with Gasteiger partial charge in [0.1, 0.15) is 0 Å². The van der Waals surface area contributed by atoms with Gasteiger partial charge in [-0.05, 0) is 69.1 Å². The van der Waals surface area contributed by atoms with Crippen LogP contribution in [0.25, 0.3) is 0 Å². The van der Waals surface area contributed by atoms with Crippen LogP contribution in [0.2, 0.25) is 0 Å². The molecule has 1 aliphatic rings. The molecule has 0 saturated carbocycles.